The molecule has 3 rings (SSSR count). The van der Waals surface area contributed by atoms with Crippen LogP contribution in [0, 0.1) is 0 Å². The molecule has 120 valence electrons. The van der Waals surface area contributed by atoms with Gasteiger partial charge in [0.25, 0.3) is 0 Å². The molecular weight excluding hydrogens is 330 g/mol. The number of rotatable bonds is 5. The molecule has 1 aromatic heterocycles. The Morgan fingerprint density at radius 2 is 1.92 bits per heavy atom. The van der Waals surface area contributed by atoms with Crippen LogP contribution in [-0.2, 0) is 0 Å². The fourth-order valence-corrected chi connectivity index (χ4v) is 2.19. The first-order valence-electron chi connectivity index (χ1n) is 6.95. The maximum atomic E-state index is 11.2. The normalized spacial score (nSPS) is 10.9. The zero-order valence-corrected chi connectivity index (χ0v) is 13.1. The van der Waals surface area contributed by atoms with Crippen molar-refractivity contribution in [3.63, 3.8) is 0 Å². The lowest BCUT2D eigenvalue weighted by atomic mass is 10.2. The average Bonchev–Trinajstić information content (AvgIpc) is 3.04. The highest BCUT2D eigenvalue weighted by molar-refractivity contribution is 6.30. The number of para-hydroxylation sites is 1. The zero-order valence-electron chi connectivity index (χ0n) is 12.3. The van der Waals surface area contributed by atoms with Crippen LogP contribution in [0.1, 0.15) is 16.2 Å². The molecule has 0 aliphatic heterocycles. The van der Waals surface area contributed by atoms with Gasteiger partial charge in [-0.3, -0.25) is 0 Å². The highest BCUT2D eigenvalue weighted by Gasteiger charge is 2.08. The molecule has 0 unspecified atom stereocenters. The minimum atomic E-state index is -1.00. The van der Waals surface area contributed by atoms with Gasteiger partial charge in [-0.2, -0.15) is 4.68 Å². The van der Waals surface area contributed by atoms with E-state index >= 15 is 0 Å². The summed E-state index contributed by atoms with van der Waals surface area (Å²) in [5.74, 6) is -0.518. The smallest absolute Gasteiger partial charge is 0.337 e. The maximum Gasteiger partial charge on any atom is 0.337 e. The molecule has 0 aliphatic carbocycles. The molecule has 0 spiro atoms. The van der Waals surface area contributed by atoms with Gasteiger partial charge in [-0.25, -0.2) is 4.79 Å². The Morgan fingerprint density at radius 3 is 2.67 bits per heavy atom. The molecule has 0 saturated carbocycles. The number of nitrogens with one attached hydrogen (secondary N) is 1. The molecule has 7 nitrogen and oxygen atoms in total. The molecule has 0 aliphatic rings. The van der Waals surface area contributed by atoms with E-state index in [2.05, 4.69) is 20.8 Å². The Hall–Kier alpha value is -3.19. The third-order valence-electron chi connectivity index (χ3n) is 3.19. The number of carbonyl (C=O) groups is 1. The first-order valence-corrected chi connectivity index (χ1v) is 7.32. The Kier molecular flexibility index (Phi) is 4.53. The number of benzene rings is 2. The Morgan fingerprint density at radius 1 is 1.17 bits per heavy atom. The molecule has 0 saturated heterocycles. The lowest BCUT2D eigenvalue weighted by Gasteiger charge is -2.05. The van der Waals surface area contributed by atoms with E-state index in [4.69, 9.17) is 16.7 Å². The minimum Gasteiger partial charge on any atom is -0.478 e. The van der Waals surface area contributed by atoms with Crippen LogP contribution in [0.2, 0.25) is 5.02 Å². The molecule has 0 amide bonds. The van der Waals surface area contributed by atoms with E-state index in [1.807, 2.05) is 0 Å². The predicted octanol–water partition coefficient (Wildman–Crippen LogP) is 3.10. The zero-order chi connectivity index (χ0) is 16.9. The van der Waals surface area contributed by atoms with Crippen molar-refractivity contribution in [2.24, 2.45) is 0 Å². The first-order chi connectivity index (χ1) is 11.6. The van der Waals surface area contributed by atoms with Crippen LogP contribution in [-0.4, -0.2) is 31.3 Å². The molecule has 1 heterocycles. The molecule has 0 bridgehead atoms. The number of hydrogen-bond acceptors (Lipinski definition) is 5. The molecule has 3 aromatic rings. The fourth-order valence-electron chi connectivity index (χ4n) is 2.07. The summed E-state index contributed by atoms with van der Waals surface area (Å²) in [4.78, 5) is 11.2. The second-order valence-corrected chi connectivity index (χ2v) is 5.19. The number of carboxylic acid groups (broad SMARTS) is 1. The van der Waals surface area contributed by atoms with E-state index in [9.17, 15) is 4.79 Å². The van der Waals surface area contributed by atoms with Gasteiger partial charge < -0.3 is 10.4 Å². The Labute approximate surface area is 142 Å². The molecule has 0 fully saturated rings. The SMILES string of the molecule is O=C(O)c1ccccc1N/C=C\c1nnnn1-c1ccc(Cl)cc1. The standard InChI is InChI=1S/C16H12ClN5O2/c17-11-5-7-12(8-6-11)22-15(19-20-21-22)9-10-18-14-4-2-1-3-13(14)16(23)24/h1-10,18H,(H,23,24)/b10-9-. The van der Waals surface area contributed by atoms with Gasteiger partial charge in [0.15, 0.2) is 5.82 Å². The molecule has 2 aromatic carbocycles. The number of carboxylic acids is 1. The van der Waals surface area contributed by atoms with E-state index in [1.54, 1.807) is 54.7 Å². The van der Waals surface area contributed by atoms with Gasteiger partial charge in [0.2, 0.25) is 0 Å². The number of halogens is 1. The van der Waals surface area contributed by atoms with Crippen molar-refractivity contribution < 1.29 is 9.90 Å². The van der Waals surface area contributed by atoms with Crippen LogP contribution in [0.4, 0.5) is 5.69 Å². The fraction of sp³-hybridized carbons (Fsp3) is 0. The summed E-state index contributed by atoms with van der Waals surface area (Å²) in [6.07, 6.45) is 3.23. The number of tetrazole rings is 1. The number of aromatic nitrogens is 4. The average molecular weight is 342 g/mol. The first kappa shape index (κ1) is 15.7. The number of aromatic carboxylic acids is 1. The molecule has 0 radical (unpaired) electrons. The molecular formula is C16H12ClN5O2. The van der Waals surface area contributed by atoms with E-state index in [1.165, 1.54) is 10.7 Å². The van der Waals surface area contributed by atoms with Crippen molar-refractivity contribution in [2.75, 3.05) is 5.32 Å². The molecule has 2 N–H and O–H groups in total. The maximum absolute atomic E-state index is 11.2. The monoisotopic (exact) mass is 341 g/mol. The van der Waals surface area contributed by atoms with Gasteiger partial charge in [0.1, 0.15) is 0 Å². The lowest BCUT2D eigenvalue weighted by Crippen LogP contribution is -2.02. The van der Waals surface area contributed by atoms with Crippen molar-refractivity contribution in [3.05, 3.63) is 71.1 Å². The number of anilines is 1. The van der Waals surface area contributed by atoms with E-state index < -0.39 is 5.97 Å². The summed E-state index contributed by atoms with van der Waals surface area (Å²) in [7, 11) is 0. The summed E-state index contributed by atoms with van der Waals surface area (Å²) >= 11 is 5.87. The van der Waals surface area contributed by atoms with E-state index in [0.29, 0.717) is 16.5 Å². The molecule has 8 heteroatoms. The lowest BCUT2D eigenvalue weighted by molar-refractivity contribution is 0.0698. The second-order valence-electron chi connectivity index (χ2n) is 4.75. The summed E-state index contributed by atoms with van der Waals surface area (Å²) in [6.45, 7) is 0. The van der Waals surface area contributed by atoms with Crippen LogP contribution < -0.4 is 5.32 Å². The summed E-state index contributed by atoms with van der Waals surface area (Å²) in [6, 6.07) is 13.7. The minimum absolute atomic E-state index is 0.180. The summed E-state index contributed by atoms with van der Waals surface area (Å²) in [5.41, 5.74) is 1.42. The molecule has 0 atom stereocenters. The van der Waals surface area contributed by atoms with Crippen molar-refractivity contribution in [1.82, 2.24) is 20.2 Å². The van der Waals surface area contributed by atoms with E-state index in [-0.39, 0.29) is 5.56 Å². The third-order valence-corrected chi connectivity index (χ3v) is 3.45. The van der Waals surface area contributed by atoms with Crippen molar-refractivity contribution in [1.29, 1.82) is 0 Å². The van der Waals surface area contributed by atoms with Gasteiger partial charge in [-0.1, -0.05) is 23.7 Å². The largest absolute Gasteiger partial charge is 0.478 e. The Balaban J connectivity index is 1.81. The number of hydrogen-bond donors (Lipinski definition) is 2. The van der Waals surface area contributed by atoms with Gasteiger partial charge in [-0.05, 0) is 46.8 Å². The quantitative estimate of drug-likeness (QED) is 0.740. The second kappa shape index (κ2) is 6.93. The van der Waals surface area contributed by atoms with Gasteiger partial charge in [0, 0.05) is 17.3 Å². The predicted molar refractivity (Wildman–Crippen MR) is 90.2 cm³/mol. The van der Waals surface area contributed by atoms with E-state index in [0.717, 1.165) is 5.69 Å². The van der Waals surface area contributed by atoms with Crippen LogP contribution in [0.3, 0.4) is 0 Å². The van der Waals surface area contributed by atoms with Gasteiger partial charge in [-0.15, -0.1) is 5.10 Å². The summed E-state index contributed by atoms with van der Waals surface area (Å²) in [5, 5.41) is 24.2. The number of nitrogens with zero attached hydrogens (tertiary/aromatic N) is 4. The van der Waals surface area contributed by atoms with Crippen molar-refractivity contribution >= 4 is 29.3 Å². The van der Waals surface area contributed by atoms with Crippen LogP contribution in [0.5, 0.6) is 0 Å². The topological polar surface area (TPSA) is 92.9 Å². The van der Waals surface area contributed by atoms with Gasteiger partial charge >= 0.3 is 5.97 Å². The Bertz CT molecular complexity index is 889. The highest BCUT2D eigenvalue weighted by Crippen LogP contribution is 2.16. The van der Waals surface area contributed by atoms with Crippen LogP contribution >= 0.6 is 11.6 Å². The summed E-state index contributed by atoms with van der Waals surface area (Å²) < 4.78 is 1.54. The molecule has 24 heavy (non-hydrogen) atoms. The highest BCUT2D eigenvalue weighted by atomic mass is 35.5. The van der Waals surface area contributed by atoms with Gasteiger partial charge in [0.05, 0.1) is 16.9 Å². The van der Waals surface area contributed by atoms with Crippen LogP contribution in [0.25, 0.3) is 11.8 Å². The van der Waals surface area contributed by atoms with Crippen molar-refractivity contribution in [2.45, 2.75) is 0 Å². The van der Waals surface area contributed by atoms with Crippen LogP contribution in [0.15, 0.2) is 54.7 Å². The van der Waals surface area contributed by atoms with Crippen molar-refractivity contribution in [3.8, 4) is 5.69 Å². The third kappa shape index (κ3) is 3.41.